The molecule has 0 aliphatic carbocycles. The summed E-state index contributed by atoms with van der Waals surface area (Å²) in [5.74, 6) is 1.16. The lowest BCUT2D eigenvalue weighted by atomic mass is 10.2. The number of benzene rings is 1. The van der Waals surface area contributed by atoms with E-state index in [4.69, 9.17) is 5.41 Å². The molecule has 2 rings (SSSR count). The van der Waals surface area contributed by atoms with E-state index in [9.17, 15) is 0 Å². The number of hydrogen-bond acceptors (Lipinski definition) is 4. The summed E-state index contributed by atoms with van der Waals surface area (Å²) in [4.78, 5) is 9.96. The minimum Gasteiger partial charge on any atom is -0.328 e. The summed E-state index contributed by atoms with van der Waals surface area (Å²) in [7, 11) is 0. The zero-order chi connectivity index (χ0) is 12.8. The molecule has 18 heavy (non-hydrogen) atoms. The first-order chi connectivity index (χ1) is 8.83. The number of amidine groups is 1. The number of para-hydroxylation sites is 1. The summed E-state index contributed by atoms with van der Waals surface area (Å²) in [6.07, 6.45) is 1.01. The van der Waals surface area contributed by atoms with Crippen LogP contribution >= 0.6 is 11.8 Å². The minimum atomic E-state index is 0.415. The number of rotatable bonds is 5. The van der Waals surface area contributed by atoms with Gasteiger partial charge in [0.05, 0.1) is 18.0 Å². The highest BCUT2D eigenvalue weighted by Crippen LogP contribution is 2.27. The van der Waals surface area contributed by atoms with Crippen LogP contribution in [-0.2, 0) is 6.42 Å². The fraction of sp³-hybridized carbons (Fsp3) is 0.308. The Balaban J connectivity index is 1.91. The number of nitrogens with zero attached hydrogens (tertiary/aromatic N) is 3. The van der Waals surface area contributed by atoms with Gasteiger partial charge >= 0.3 is 0 Å². The maximum absolute atomic E-state index is 8.06. The first kappa shape index (κ1) is 12.8. The second-order valence-corrected chi connectivity index (χ2v) is 4.74. The van der Waals surface area contributed by atoms with E-state index in [1.54, 1.807) is 5.55 Å². The lowest BCUT2D eigenvalue weighted by Gasteiger charge is -2.18. The van der Waals surface area contributed by atoms with E-state index in [0.717, 1.165) is 18.7 Å². The van der Waals surface area contributed by atoms with Crippen LogP contribution in [0.25, 0.3) is 0 Å². The molecule has 0 aromatic heterocycles. The Morgan fingerprint density at radius 3 is 3.17 bits per heavy atom. The van der Waals surface area contributed by atoms with Gasteiger partial charge in [0.25, 0.3) is 0 Å². The van der Waals surface area contributed by atoms with Crippen LogP contribution in [0.15, 0.2) is 34.3 Å². The van der Waals surface area contributed by atoms with Gasteiger partial charge in [-0.2, -0.15) is 0 Å². The third-order valence-electron chi connectivity index (χ3n) is 2.77. The summed E-state index contributed by atoms with van der Waals surface area (Å²) in [6.45, 7) is 4.70. The molecular weight excluding hydrogens is 244 g/mol. The molecular formula is C13H16N4S. The van der Waals surface area contributed by atoms with Crippen LogP contribution in [0.3, 0.4) is 0 Å². The Morgan fingerprint density at radius 1 is 1.50 bits per heavy atom. The normalized spacial score (nSPS) is 13.9. The Morgan fingerprint density at radius 2 is 2.33 bits per heavy atom. The van der Waals surface area contributed by atoms with Gasteiger partial charge in [0, 0.05) is 12.2 Å². The molecule has 0 atom stereocenters. The van der Waals surface area contributed by atoms with Crippen LogP contribution in [0.1, 0.15) is 5.56 Å². The highest BCUT2D eigenvalue weighted by molar-refractivity contribution is 8.12. The molecule has 1 heterocycles. The molecule has 94 valence electrons. The molecule has 1 aliphatic heterocycles. The van der Waals surface area contributed by atoms with Crippen molar-refractivity contribution >= 4 is 35.5 Å². The fourth-order valence-electron chi connectivity index (χ4n) is 1.97. The van der Waals surface area contributed by atoms with Crippen molar-refractivity contribution in [3.63, 3.8) is 0 Å². The van der Waals surface area contributed by atoms with Crippen molar-refractivity contribution in [1.82, 2.24) is 0 Å². The van der Waals surface area contributed by atoms with Crippen LogP contribution in [-0.4, -0.2) is 37.1 Å². The van der Waals surface area contributed by atoms with Crippen LogP contribution in [0.5, 0.6) is 0 Å². The maximum Gasteiger partial charge on any atom is 0.122 e. The minimum absolute atomic E-state index is 0.415. The molecule has 1 N–H and O–H groups in total. The molecule has 0 radical (unpaired) electrons. The predicted octanol–water partition coefficient (Wildman–Crippen LogP) is 2.45. The second kappa shape index (κ2) is 6.35. The van der Waals surface area contributed by atoms with Crippen molar-refractivity contribution in [1.29, 1.82) is 5.41 Å². The molecule has 0 unspecified atom stereocenters. The van der Waals surface area contributed by atoms with Crippen LogP contribution < -0.4 is 4.90 Å². The van der Waals surface area contributed by atoms with Crippen LogP contribution in [0.4, 0.5) is 5.69 Å². The SMILES string of the molecule is C=NCSC=NCC(=N)N1CCc2ccccc21. The molecule has 0 bridgehead atoms. The van der Waals surface area contributed by atoms with E-state index in [2.05, 4.69) is 28.8 Å². The van der Waals surface area contributed by atoms with Crippen molar-refractivity contribution in [3.05, 3.63) is 29.8 Å². The Kier molecular flexibility index (Phi) is 4.52. The van der Waals surface area contributed by atoms with Gasteiger partial charge in [-0.1, -0.05) is 30.0 Å². The molecule has 1 aromatic carbocycles. The third-order valence-corrected chi connectivity index (χ3v) is 3.40. The largest absolute Gasteiger partial charge is 0.328 e. The zero-order valence-electron chi connectivity index (χ0n) is 10.2. The standard InChI is InChI=1S/C13H16N4S/c1-15-9-18-10-16-8-13(14)17-7-6-11-4-2-3-5-12(11)17/h2-5,10,14H,1,6-9H2. The van der Waals surface area contributed by atoms with Crippen molar-refractivity contribution < 1.29 is 0 Å². The van der Waals surface area contributed by atoms with E-state index in [0.29, 0.717) is 18.3 Å². The van der Waals surface area contributed by atoms with E-state index in [1.807, 2.05) is 17.0 Å². The molecule has 0 fully saturated rings. The van der Waals surface area contributed by atoms with Gasteiger partial charge in [-0.15, -0.1) is 0 Å². The molecule has 0 saturated carbocycles. The van der Waals surface area contributed by atoms with Crippen molar-refractivity contribution in [2.75, 3.05) is 23.9 Å². The molecule has 1 aromatic rings. The fourth-order valence-corrected chi connectivity index (χ4v) is 2.32. The van der Waals surface area contributed by atoms with Gasteiger partial charge in [0.1, 0.15) is 5.84 Å². The summed E-state index contributed by atoms with van der Waals surface area (Å²) in [5.41, 5.74) is 4.21. The quantitative estimate of drug-likeness (QED) is 0.502. The molecule has 0 spiro atoms. The van der Waals surface area contributed by atoms with Crippen LogP contribution in [0, 0.1) is 5.41 Å². The predicted molar refractivity (Wildman–Crippen MR) is 80.6 cm³/mol. The molecule has 1 aliphatic rings. The summed E-state index contributed by atoms with van der Waals surface area (Å²) < 4.78 is 0. The highest BCUT2D eigenvalue weighted by atomic mass is 32.2. The second-order valence-electron chi connectivity index (χ2n) is 3.94. The number of hydrogen-bond donors (Lipinski definition) is 1. The Hall–Kier alpha value is -1.62. The third kappa shape index (κ3) is 2.98. The van der Waals surface area contributed by atoms with Crippen LogP contribution in [0.2, 0.25) is 0 Å². The van der Waals surface area contributed by atoms with Gasteiger partial charge in [-0.05, 0) is 24.8 Å². The molecule has 4 nitrogen and oxygen atoms in total. The van der Waals surface area contributed by atoms with Crippen molar-refractivity contribution in [3.8, 4) is 0 Å². The average molecular weight is 260 g/mol. The zero-order valence-corrected chi connectivity index (χ0v) is 11.0. The monoisotopic (exact) mass is 260 g/mol. The lowest BCUT2D eigenvalue weighted by molar-refractivity contribution is 0.996. The number of anilines is 1. The van der Waals surface area contributed by atoms with Crippen molar-refractivity contribution in [2.24, 2.45) is 9.98 Å². The van der Waals surface area contributed by atoms with E-state index in [-0.39, 0.29) is 0 Å². The molecule has 5 heteroatoms. The van der Waals surface area contributed by atoms with Gasteiger partial charge in [-0.25, -0.2) is 0 Å². The number of nitrogens with one attached hydrogen (secondary N) is 1. The summed E-state index contributed by atoms with van der Waals surface area (Å²) in [5, 5.41) is 8.06. The Labute approximate surface area is 111 Å². The van der Waals surface area contributed by atoms with E-state index < -0.39 is 0 Å². The highest BCUT2D eigenvalue weighted by Gasteiger charge is 2.20. The number of thioether (sulfide) groups is 1. The van der Waals surface area contributed by atoms with Crippen molar-refractivity contribution in [2.45, 2.75) is 6.42 Å². The molecule has 0 saturated heterocycles. The van der Waals surface area contributed by atoms with Gasteiger partial charge < -0.3 is 4.90 Å². The number of fused-ring (bicyclic) bond motifs is 1. The van der Waals surface area contributed by atoms with Gasteiger partial charge in [0.2, 0.25) is 0 Å². The average Bonchev–Trinajstić information content (AvgIpc) is 2.82. The molecule has 0 amide bonds. The smallest absolute Gasteiger partial charge is 0.122 e. The first-order valence-corrected chi connectivity index (χ1v) is 6.83. The number of aliphatic imine (C=N–C) groups is 2. The maximum atomic E-state index is 8.06. The van der Waals surface area contributed by atoms with E-state index >= 15 is 0 Å². The first-order valence-electron chi connectivity index (χ1n) is 5.78. The summed E-state index contributed by atoms with van der Waals surface area (Å²) >= 11 is 1.49. The van der Waals surface area contributed by atoms with Gasteiger partial charge in [0.15, 0.2) is 0 Å². The topological polar surface area (TPSA) is 51.8 Å². The Bertz CT molecular complexity index is 470. The van der Waals surface area contributed by atoms with Gasteiger partial charge in [-0.3, -0.25) is 15.4 Å². The summed E-state index contributed by atoms with van der Waals surface area (Å²) in [6, 6.07) is 8.25. The lowest BCUT2D eigenvalue weighted by Crippen LogP contribution is -2.30. The van der Waals surface area contributed by atoms with E-state index in [1.165, 1.54) is 17.3 Å².